The summed E-state index contributed by atoms with van der Waals surface area (Å²) in [5.41, 5.74) is 1.23. The van der Waals surface area contributed by atoms with Gasteiger partial charge in [-0.1, -0.05) is 23.7 Å². The van der Waals surface area contributed by atoms with Crippen LogP contribution in [-0.2, 0) is 0 Å². The third-order valence-corrected chi connectivity index (χ3v) is 2.66. The van der Waals surface area contributed by atoms with Gasteiger partial charge in [0.15, 0.2) is 0 Å². The summed E-state index contributed by atoms with van der Waals surface area (Å²) in [5.74, 6) is -0.281. The molecule has 0 aliphatic rings. The quantitative estimate of drug-likeness (QED) is 0.874. The van der Waals surface area contributed by atoms with E-state index in [2.05, 4.69) is 4.74 Å². The molecule has 6 heteroatoms. The fourth-order valence-electron chi connectivity index (χ4n) is 1.57. The normalized spacial score (nSPS) is 11.4. The Morgan fingerprint density at radius 1 is 1.00 bits per heavy atom. The van der Waals surface area contributed by atoms with Gasteiger partial charge in [-0.25, -0.2) is 0 Å². The smallest absolute Gasteiger partial charge is 0.508 e. The number of hydrogen-bond acceptors (Lipinski definition) is 2. The van der Waals surface area contributed by atoms with Crippen LogP contribution in [0.2, 0.25) is 5.02 Å². The summed E-state index contributed by atoms with van der Waals surface area (Å²) >= 11 is 5.94. The third-order valence-electron chi connectivity index (χ3n) is 2.35. The van der Waals surface area contributed by atoms with Crippen molar-refractivity contribution in [1.29, 1.82) is 0 Å². The lowest BCUT2D eigenvalue weighted by atomic mass is 10.1. The molecule has 0 unspecified atom stereocenters. The summed E-state index contributed by atoms with van der Waals surface area (Å²) in [6.45, 7) is 0. The molecule has 0 aromatic heterocycles. The summed E-state index contributed by atoms with van der Waals surface area (Å²) in [4.78, 5) is 0. The van der Waals surface area contributed by atoms with Crippen LogP contribution in [0.4, 0.5) is 13.2 Å². The second-order valence-corrected chi connectivity index (χ2v) is 4.14. The predicted molar refractivity (Wildman–Crippen MR) is 65.2 cm³/mol. The van der Waals surface area contributed by atoms with Gasteiger partial charge >= 0.3 is 6.36 Å². The molecule has 2 nitrogen and oxygen atoms in total. The zero-order chi connectivity index (χ0) is 14.0. The van der Waals surface area contributed by atoms with Crippen molar-refractivity contribution < 1.29 is 23.0 Å². The van der Waals surface area contributed by atoms with Crippen LogP contribution < -0.4 is 4.74 Å². The van der Waals surface area contributed by atoms with Gasteiger partial charge in [-0.2, -0.15) is 0 Å². The molecule has 0 saturated carbocycles. The number of aromatic hydroxyl groups is 1. The Balaban J connectivity index is 2.27. The fourth-order valence-corrected chi connectivity index (χ4v) is 1.86. The van der Waals surface area contributed by atoms with Gasteiger partial charge in [-0.3, -0.25) is 0 Å². The van der Waals surface area contributed by atoms with Gasteiger partial charge in [0, 0.05) is 5.56 Å². The minimum atomic E-state index is -4.71. The van der Waals surface area contributed by atoms with Gasteiger partial charge in [0.2, 0.25) is 0 Å². The average Bonchev–Trinajstić information content (AvgIpc) is 2.28. The second kappa shape index (κ2) is 5.01. The molecule has 0 amide bonds. The number of benzene rings is 2. The van der Waals surface area contributed by atoms with Gasteiger partial charge in [-0.15, -0.1) is 13.2 Å². The molecule has 2 aromatic rings. The number of hydrogen-bond donors (Lipinski definition) is 1. The predicted octanol–water partition coefficient (Wildman–Crippen LogP) is 4.61. The van der Waals surface area contributed by atoms with E-state index >= 15 is 0 Å². The summed E-state index contributed by atoms with van der Waals surface area (Å²) < 4.78 is 39.8. The van der Waals surface area contributed by atoms with Crippen molar-refractivity contribution in [3.05, 3.63) is 47.5 Å². The summed E-state index contributed by atoms with van der Waals surface area (Å²) in [6, 6.07) is 9.70. The first-order chi connectivity index (χ1) is 8.85. The SMILES string of the molecule is Oc1ccc(-c2ccc(OC(F)(F)F)cc2)c(Cl)c1. The van der Waals surface area contributed by atoms with Crippen molar-refractivity contribution in [2.24, 2.45) is 0 Å². The molecule has 1 N–H and O–H groups in total. The Hall–Kier alpha value is -1.88. The van der Waals surface area contributed by atoms with E-state index in [1.807, 2.05) is 0 Å². The standard InChI is InChI=1S/C13H8ClF3O2/c14-12-7-9(18)3-6-11(12)8-1-4-10(5-2-8)19-13(15,16)17/h1-7,18H. The van der Waals surface area contributed by atoms with Crippen LogP contribution >= 0.6 is 11.6 Å². The van der Waals surface area contributed by atoms with E-state index in [4.69, 9.17) is 11.6 Å². The molecule has 2 rings (SSSR count). The van der Waals surface area contributed by atoms with Gasteiger partial charge in [0.1, 0.15) is 11.5 Å². The Morgan fingerprint density at radius 2 is 1.63 bits per heavy atom. The maximum absolute atomic E-state index is 12.0. The topological polar surface area (TPSA) is 29.5 Å². The maximum atomic E-state index is 12.0. The highest BCUT2D eigenvalue weighted by Gasteiger charge is 2.30. The minimum Gasteiger partial charge on any atom is -0.508 e. The molecule has 0 atom stereocenters. The molecule has 0 aliphatic carbocycles. The first-order valence-electron chi connectivity index (χ1n) is 5.20. The zero-order valence-electron chi connectivity index (χ0n) is 9.41. The van der Waals surface area contributed by atoms with E-state index in [0.29, 0.717) is 16.1 Å². The second-order valence-electron chi connectivity index (χ2n) is 3.74. The molecular weight excluding hydrogens is 281 g/mol. The molecule has 0 fully saturated rings. The zero-order valence-corrected chi connectivity index (χ0v) is 10.2. The van der Waals surface area contributed by atoms with Gasteiger partial charge < -0.3 is 9.84 Å². The van der Waals surface area contributed by atoms with E-state index in [0.717, 1.165) is 0 Å². The summed E-state index contributed by atoms with van der Waals surface area (Å²) in [5, 5.41) is 9.54. The van der Waals surface area contributed by atoms with Crippen LogP contribution in [0.5, 0.6) is 11.5 Å². The minimum absolute atomic E-state index is 0.0192. The van der Waals surface area contributed by atoms with Crippen molar-refractivity contribution >= 4 is 11.6 Å². The van der Waals surface area contributed by atoms with E-state index < -0.39 is 6.36 Å². The molecule has 2 aromatic carbocycles. The lowest BCUT2D eigenvalue weighted by Gasteiger charge is -2.10. The molecule has 0 bridgehead atoms. The van der Waals surface area contributed by atoms with Crippen LogP contribution in [0, 0.1) is 0 Å². The molecule has 19 heavy (non-hydrogen) atoms. The van der Waals surface area contributed by atoms with Crippen LogP contribution in [-0.4, -0.2) is 11.5 Å². The summed E-state index contributed by atoms with van der Waals surface area (Å²) in [7, 11) is 0. The Kier molecular flexibility index (Phi) is 3.57. The molecule has 0 heterocycles. The Labute approximate surface area is 112 Å². The maximum Gasteiger partial charge on any atom is 0.573 e. The molecule has 0 spiro atoms. The lowest BCUT2D eigenvalue weighted by molar-refractivity contribution is -0.274. The third kappa shape index (κ3) is 3.54. The van der Waals surface area contributed by atoms with Crippen molar-refractivity contribution in [3.8, 4) is 22.6 Å². The van der Waals surface area contributed by atoms with Crippen LogP contribution in [0.3, 0.4) is 0 Å². The number of ether oxygens (including phenoxy) is 1. The number of halogens is 4. The lowest BCUT2D eigenvalue weighted by Crippen LogP contribution is -2.16. The summed E-state index contributed by atoms with van der Waals surface area (Å²) in [6.07, 6.45) is -4.71. The first kappa shape index (κ1) is 13.5. The van der Waals surface area contributed by atoms with Crippen LogP contribution in [0.1, 0.15) is 0 Å². The molecule has 0 radical (unpaired) electrons. The molecule has 100 valence electrons. The van der Waals surface area contributed by atoms with Crippen molar-refractivity contribution in [2.45, 2.75) is 6.36 Å². The van der Waals surface area contributed by atoms with Crippen LogP contribution in [0.25, 0.3) is 11.1 Å². The highest BCUT2D eigenvalue weighted by atomic mass is 35.5. The van der Waals surface area contributed by atoms with E-state index in [-0.39, 0.29) is 11.5 Å². The van der Waals surface area contributed by atoms with Crippen molar-refractivity contribution in [2.75, 3.05) is 0 Å². The number of rotatable bonds is 2. The molecule has 0 aliphatic heterocycles. The van der Waals surface area contributed by atoms with Gasteiger partial charge in [0.25, 0.3) is 0 Å². The van der Waals surface area contributed by atoms with Crippen molar-refractivity contribution in [3.63, 3.8) is 0 Å². The Morgan fingerprint density at radius 3 is 2.16 bits per heavy atom. The van der Waals surface area contributed by atoms with E-state index in [1.54, 1.807) is 6.07 Å². The molecular formula is C13H8ClF3O2. The monoisotopic (exact) mass is 288 g/mol. The van der Waals surface area contributed by atoms with Gasteiger partial charge in [0.05, 0.1) is 5.02 Å². The average molecular weight is 289 g/mol. The number of phenolic OH excluding ortho intramolecular Hbond substituents is 1. The highest BCUT2D eigenvalue weighted by molar-refractivity contribution is 6.33. The van der Waals surface area contributed by atoms with E-state index in [1.165, 1.54) is 36.4 Å². The number of alkyl halides is 3. The van der Waals surface area contributed by atoms with Crippen molar-refractivity contribution in [1.82, 2.24) is 0 Å². The van der Waals surface area contributed by atoms with E-state index in [9.17, 15) is 18.3 Å². The van der Waals surface area contributed by atoms with Crippen LogP contribution in [0.15, 0.2) is 42.5 Å². The fraction of sp³-hybridized carbons (Fsp3) is 0.0769. The molecule has 0 saturated heterocycles. The largest absolute Gasteiger partial charge is 0.573 e. The highest BCUT2D eigenvalue weighted by Crippen LogP contribution is 2.32. The first-order valence-corrected chi connectivity index (χ1v) is 5.58. The Bertz CT molecular complexity index is 579. The number of phenols is 1. The van der Waals surface area contributed by atoms with Gasteiger partial charge in [-0.05, 0) is 35.9 Å².